The summed E-state index contributed by atoms with van der Waals surface area (Å²) in [4.78, 5) is 4.11. The third kappa shape index (κ3) is 3.01. The number of aromatic nitrogens is 1. The molecule has 0 aliphatic rings. The van der Waals surface area contributed by atoms with Crippen LogP contribution in [0.25, 0.3) is 11.1 Å². The molecule has 0 spiro atoms. The van der Waals surface area contributed by atoms with Gasteiger partial charge in [-0.15, -0.1) is 11.8 Å². The summed E-state index contributed by atoms with van der Waals surface area (Å²) in [5.41, 5.74) is -0.104. The van der Waals surface area contributed by atoms with Gasteiger partial charge in [-0.3, -0.25) is 0 Å². The lowest BCUT2D eigenvalue weighted by Gasteiger charge is -2.11. The highest BCUT2D eigenvalue weighted by molar-refractivity contribution is 7.98. The first kappa shape index (κ1) is 13.7. The van der Waals surface area contributed by atoms with Crippen molar-refractivity contribution in [3.05, 3.63) is 42.1 Å². The van der Waals surface area contributed by atoms with Crippen molar-refractivity contribution in [1.82, 2.24) is 4.98 Å². The first-order valence-corrected chi connectivity index (χ1v) is 6.55. The summed E-state index contributed by atoms with van der Waals surface area (Å²) in [5, 5.41) is 10.1. The summed E-state index contributed by atoms with van der Waals surface area (Å²) in [6, 6.07) is 6.83. The van der Waals surface area contributed by atoms with Crippen LogP contribution in [0.15, 0.2) is 41.6 Å². The van der Waals surface area contributed by atoms with Gasteiger partial charge in [0.2, 0.25) is 0 Å². The number of pyridine rings is 1. The lowest BCUT2D eigenvalue weighted by atomic mass is 10.0. The Hall–Kier alpha value is -1.69. The molecule has 2 nitrogen and oxygen atoms in total. The van der Waals surface area contributed by atoms with Gasteiger partial charge in [-0.1, -0.05) is 12.1 Å². The lowest BCUT2D eigenvalue weighted by Crippen LogP contribution is -2.05. The highest BCUT2D eigenvalue weighted by atomic mass is 32.2. The second-order valence-electron chi connectivity index (χ2n) is 3.82. The molecule has 0 saturated heterocycles. The number of benzene rings is 1. The average Bonchev–Trinajstić information content (AvgIpc) is 2.38. The van der Waals surface area contributed by atoms with Crippen LogP contribution in [0.4, 0.5) is 13.2 Å². The van der Waals surface area contributed by atoms with E-state index in [1.165, 1.54) is 24.0 Å². The Bertz CT molecular complexity index is 581. The quantitative estimate of drug-likeness (QED) is 0.840. The molecule has 1 aromatic heterocycles. The van der Waals surface area contributed by atoms with E-state index in [9.17, 15) is 18.3 Å². The van der Waals surface area contributed by atoms with Crippen molar-refractivity contribution in [2.45, 2.75) is 11.2 Å². The van der Waals surface area contributed by atoms with Crippen molar-refractivity contribution >= 4 is 11.8 Å². The molecule has 0 aliphatic heterocycles. The first-order chi connectivity index (χ1) is 8.91. The van der Waals surface area contributed by atoms with Crippen molar-refractivity contribution in [3.8, 4) is 16.9 Å². The van der Waals surface area contributed by atoms with E-state index in [4.69, 9.17) is 0 Å². The van der Waals surface area contributed by atoms with Gasteiger partial charge in [-0.2, -0.15) is 13.2 Å². The third-order valence-corrected chi connectivity index (χ3v) is 3.24. The van der Waals surface area contributed by atoms with Crippen LogP contribution in [-0.4, -0.2) is 16.3 Å². The van der Waals surface area contributed by atoms with E-state index in [-0.39, 0.29) is 0 Å². The predicted octanol–water partition coefficient (Wildman–Crippen LogP) is 4.19. The van der Waals surface area contributed by atoms with Crippen LogP contribution in [0.3, 0.4) is 0 Å². The van der Waals surface area contributed by atoms with Gasteiger partial charge in [-0.25, -0.2) is 4.98 Å². The van der Waals surface area contributed by atoms with Crippen LogP contribution < -0.4 is 0 Å². The van der Waals surface area contributed by atoms with Crippen molar-refractivity contribution < 1.29 is 18.3 Å². The Morgan fingerprint density at radius 3 is 2.32 bits per heavy atom. The number of hydrogen-bond donors (Lipinski definition) is 1. The summed E-state index contributed by atoms with van der Waals surface area (Å²) >= 11 is 1.45. The Labute approximate surface area is 112 Å². The Morgan fingerprint density at radius 2 is 1.79 bits per heavy atom. The minimum absolute atomic E-state index is 0.366. The smallest absolute Gasteiger partial charge is 0.419 e. The van der Waals surface area contributed by atoms with Crippen LogP contribution in [0.5, 0.6) is 5.75 Å². The van der Waals surface area contributed by atoms with Gasteiger partial charge in [0.1, 0.15) is 5.75 Å². The average molecular weight is 285 g/mol. The molecular weight excluding hydrogens is 275 g/mol. The van der Waals surface area contributed by atoms with Crippen molar-refractivity contribution in [1.29, 1.82) is 0 Å². The van der Waals surface area contributed by atoms with Gasteiger partial charge in [-0.05, 0) is 30.0 Å². The fourth-order valence-electron chi connectivity index (χ4n) is 1.61. The van der Waals surface area contributed by atoms with Gasteiger partial charge in [0, 0.05) is 11.8 Å². The SMILES string of the molecule is CSc1ccc(-c2ccc(O)c(C(F)(F)F)c2)cn1. The number of nitrogens with zero attached hydrogens (tertiary/aromatic N) is 1. The maximum Gasteiger partial charge on any atom is 0.419 e. The maximum absolute atomic E-state index is 12.7. The lowest BCUT2D eigenvalue weighted by molar-refractivity contribution is -0.138. The van der Waals surface area contributed by atoms with E-state index in [1.807, 2.05) is 6.26 Å². The third-order valence-electron chi connectivity index (χ3n) is 2.58. The van der Waals surface area contributed by atoms with Gasteiger partial charge in [0.15, 0.2) is 0 Å². The molecule has 19 heavy (non-hydrogen) atoms. The zero-order valence-electron chi connectivity index (χ0n) is 9.90. The summed E-state index contributed by atoms with van der Waals surface area (Å²) in [6.45, 7) is 0. The molecule has 100 valence electrons. The summed E-state index contributed by atoms with van der Waals surface area (Å²) in [5.74, 6) is -0.773. The van der Waals surface area contributed by atoms with Gasteiger partial charge < -0.3 is 5.11 Å². The molecule has 0 radical (unpaired) electrons. The maximum atomic E-state index is 12.7. The molecule has 0 aliphatic carbocycles. The molecule has 0 fully saturated rings. The Morgan fingerprint density at radius 1 is 1.11 bits per heavy atom. The molecule has 2 rings (SSSR count). The molecule has 0 bridgehead atoms. The number of phenolic OH excluding ortho intramolecular Hbond substituents is 1. The summed E-state index contributed by atoms with van der Waals surface area (Å²) in [6.07, 6.45) is -1.20. The van der Waals surface area contributed by atoms with Crippen molar-refractivity contribution in [2.24, 2.45) is 0 Å². The number of halogens is 3. The molecule has 6 heteroatoms. The minimum atomic E-state index is -4.58. The molecule has 0 unspecified atom stereocenters. The molecule has 1 N–H and O–H groups in total. The molecule has 0 atom stereocenters. The first-order valence-electron chi connectivity index (χ1n) is 5.32. The largest absolute Gasteiger partial charge is 0.507 e. The number of phenols is 1. The zero-order chi connectivity index (χ0) is 14.0. The number of alkyl halides is 3. The molecule has 0 saturated carbocycles. The van der Waals surface area contributed by atoms with E-state index in [0.29, 0.717) is 11.1 Å². The molecule has 2 aromatic rings. The molecular formula is C13H10F3NOS. The monoisotopic (exact) mass is 285 g/mol. The van der Waals surface area contributed by atoms with Crippen LogP contribution in [-0.2, 0) is 6.18 Å². The second kappa shape index (κ2) is 5.13. The van der Waals surface area contributed by atoms with E-state index < -0.39 is 17.5 Å². The van der Waals surface area contributed by atoms with Crippen molar-refractivity contribution in [3.63, 3.8) is 0 Å². The summed E-state index contributed by atoms with van der Waals surface area (Å²) < 4.78 is 38.1. The number of thioether (sulfide) groups is 1. The highest BCUT2D eigenvalue weighted by Gasteiger charge is 2.34. The fourth-order valence-corrected chi connectivity index (χ4v) is 1.98. The Balaban J connectivity index is 2.45. The second-order valence-corrected chi connectivity index (χ2v) is 4.65. The number of hydrogen-bond acceptors (Lipinski definition) is 3. The van der Waals surface area contributed by atoms with E-state index >= 15 is 0 Å². The van der Waals surface area contributed by atoms with Gasteiger partial charge >= 0.3 is 6.18 Å². The van der Waals surface area contributed by atoms with Gasteiger partial charge in [0.25, 0.3) is 0 Å². The number of rotatable bonds is 2. The van der Waals surface area contributed by atoms with Crippen LogP contribution >= 0.6 is 11.8 Å². The molecule has 1 aromatic carbocycles. The molecule has 1 heterocycles. The van der Waals surface area contributed by atoms with E-state index in [1.54, 1.807) is 12.1 Å². The van der Waals surface area contributed by atoms with Gasteiger partial charge in [0.05, 0.1) is 10.6 Å². The van der Waals surface area contributed by atoms with Crippen LogP contribution in [0.2, 0.25) is 0 Å². The standard InChI is InChI=1S/C13H10F3NOS/c1-19-12-5-3-9(7-17-12)8-2-4-11(18)10(6-8)13(14,15)16/h2-7,18H,1H3. The normalized spacial score (nSPS) is 11.6. The fraction of sp³-hybridized carbons (Fsp3) is 0.154. The minimum Gasteiger partial charge on any atom is -0.507 e. The van der Waals surface area contributed by atoms with Crippen LogP contribution in [0.1, 0.15) is 5.56 Å². The number of aromatic hydroxyl groups is 1. The Kier molecular flexibility index (Phi) is 3.71. The summed E-state index contributed by atoms with van der Waals surface area (Å²) in [7, 11) is 0. The topological polar surface area (TPSA) is 33.1 Å². The zero-order valence-corrected chi connectivity index (χ0v) is 10.7. The predicted molar refractivity (Wildman–Crippen MR) is 68.1 cm³/mol. The van der Waals surface area contributed by atoms with Crippen LogP contribution in [0, 0.1) is 0 Å². The van der Waals surface area contributed by atoms with E-state index in [0.717, 1.165) is 17.2 Å². The highest BCUT2D eigenvalue weighted by Crippen LogP contribution is 2.38. The molecule has 0 amide bonds. The van der Waals surface area contributed by atoms with E-state index in [2.05, 4.69) is 4.98 Å². The van der Waals surface area contributed by atoms with Crippen molar-refractivity contribution in [2.75, 3.05) is 6.26 Å².